The molecule has 1 saturated carbocycles. The molecule has 152 valence electrons. The first-order chi connectivity index (χ1) is 14.7. The van der Waals surface area contributed by atoms with Gasteiger partial charge in [0.15, 0.2) is 5.82 Å². The predicted octanol–water partition coefficient (Wildman–Crippen LogP) is 5.37. The van der Waals surface area contributed by atoms with Crippen LogP contribution < -0.4 is 4.90 Å². The van der Waals surface area contributed by atoms with E-state index in [1.807, 2.05) is 23.1 Å². The Kier molecular flexibility index (Phi) is 3.85. The van der Waals surface area contributed by atoms with Crippen LogP contribution in [0.1, 0.15) is 54.3 Å². The number of anilines is 2. The van der Waals surface area contributed by atoms with Crippen molar-refractivity contribution >= 4 is 17.8 Å². The zero-order valence-corrected chi connectivity index (χ0v) is 16.4. The lowest BCUT2D eigenvalue weighted by Crippen LogP contribution is -2.38. The summed E-state index contributed by atoms with van der Waals surface area (Å²) in [4.78, 5) is 14.0. The first kappa shape index (κ1) is 17.8. The second-order valence-corrected chi connectivity index (χ2v) is 8.62. The fraction of sp³-hybridized carbons (Fsp3) is 0.333. The lowest BCUT2D eigenvalue weighted by Gasteiger charge is -2.36. The van der Waals surface area contributed by atoms with Gasteiger partial charge in [0.05, 0.1) is 6.04 Å². The fourth-order valence-electron chi connectivity index (χ4n) is 5.78. The highest BCUT2D eigenvalue weighted by molar-refractivity contribution is 5.84. The molecule has 1 fully saturated rings. The number of carbonyl (C=O) groups is 1. The smallest absolute Gasteiger partial charge is 0.159 e. The van der Waals surface area contributed by atoms with Crippen LogP contribution in [0.25, 0.3) is 11.1 Å². The summed E-state index contributed by atoms with van der Waals surface area (Å²) in [5.41, 5.74) is 5.46. The highest BCUT2D eigenvalue weighted by Crippen LogP contribution is 2.56. The maximum Gasteiger partial charge on any atom is 0.159 e. The normalized spacial score (nSPS) is 24.1. The first-order valence-corrected chi connectivity index (χ1v) is 10.6. The van der Waals surface area contributed by atoms with E-state index in [1.54, 1.807) is 0 Å². The van der Waals surface area contributed by atoms with E-state index in [-0.39, 0.29) is 6.04 Å². The average molecular weight is 405 g/mol. The van der Waals surface area contributed by atoms with Crippen LogP contribution >= 0.6 is 0 Å². The van der Waals surface area contributed by atoms with Gasteiger partial charge in [0.1, 0.15) is 17.9 Å². The summed E-state index contributed by atoms with van der Waals surface area (Å²) in [5, 5.41) is 7.89. The number of nitrogens with zero attached hydrogens (tertiary/aromatic N) is 2. The van der Waals surface area contributed by atoms with Gasteiger partial charge in [-0.3, -0.25) is 5.10 Å². The lowest BCUT2D eigenvalue weighted by molar-refractivity contribution is -0.109. The van der Waals surface area contributed by atoms with Crippen LogP contribution in [0.2, 0.25) is 0 Å². The number of aldehydes is 1. The average Bonchev–Trinajstić information content (AvgIpc) is 3.47. The minimum absolute atomic E-state index is 0.308. The summed E-state index contributed by atoms with van der Waals surface area (Å²) in [6.07, 6.45) is 5.79. The van der Waals surface area contributed by atoms with E-state index in [1.165, 1.54) is 29.8 Å². The summed E-state index contributed by atoms with van der Waals surface area (Å²) in [5.74, 6) is 0.710. The number of benzene rings is 2. The number of hydrogen-bond acceptors (Lipinski definition) is 3. The molecule has 3 aromatic rings. The highest BCUT2D eigenvalue weighted by Gasteiger charge is 2.43. The SMILES string of the molecule is O=CC1CCc2c(-c3ccc(F)cc3F)cccc2N1c1n[nH]c2c1C1CCC2C1. The molecule has 4 nitrogen and oxygen atoms in total. The van der Waals surface area contributed by atoms with Crippen molar-refractivity contribution in [1.82, 2.24) is 10.2 Å². The number of fused-ring (bicyclic) bond motifs is 6. The van der Waals surface area contributed by atoms with E-state index in [0.717, 1.165) is 47.8 Å². The van der Waals surface area contributed by atoms with Crippen LogP contribution in [-0.4, -0.2) is 22.5 Å². The van der Waals surface area contributed by atoms with Gasteiger partial charge in [-0.1, -0.05) is 12.1 Å². The molecule has 2 bridgehead atoms. The second-order valence-electron chi connectivity index (χ2n) is 8.62. The number of aromatic amines is 1. The standard InChI is InChI=1S/C24H21F2N3O/c25-15-6-8-18(20(26)11-15)17-2-1-3-21-19(17)9-7-16(12-30)29(21)24-22-13-4-5-14(10-13)23(22)27-28-24/h1-3,6,8,11-14,16H,4-5,7,9-10H2,(H,27,28). The van der Waals surface area contributed by atoms with Crippen molar-refractivity contribution < 1.29 is 13.6 Å². The number of aromatic nitrogens is 2. The molecule has 3 atom stereocenters. The van der Waals surface area contributed by atoms with Gasteiger partial charge in [0, 0.05) is 34.5 Å². The molecular weight excluding hydrogens is 384 g/mol. The lowest BCUT2D eigenvalue weighted by atomic mass is 9.88. The Morgan fingerprint density at radius 1 is 1.07 bits per heavy atom. The summed E-state index contributed by atoms with van der Waals surface area (Å²) >= 11 is 0. The quantitative estimate of drug-likeness (QED) is 0.596. The fourth-order valence-corrected chi connectivity index (χ4v) is 5.78. The number of rotatable bonds is 3. The van der Waals surface area contributed by atoms with Gasteiger partial charge in [0.25, 0.3) is 0 Å². The van der Waals surface area contributed by atoms with Crippen molar-refractivity contribution in [3.05, 3.63) is 64.9 Å². The Hall–Kier alpha value is -3.02. The number of nitrogens with one attached hydrogen (secondary N) is 1. The number of carbonyl (C=O) groups excluding carboxylic acids is 1. The minimum Gasteiger partial charge on any atom is -0.314 e. The van der Waals surface area contributed by atoms with Gasteiger partial charge in [-0.25, -0.2) is 8.78 Å². The minimum atomic E-state index is -0.592. The molecule has 0 amide bonds. The topological polar surface area (TPSA) is 49.0 Å². The molecule has 2 aromatic carbocycles. The molecule has 1 aromatic heterocycles. The molecule has 1 aliphatic heterocycles. The first-order valence-electron chi connectivity index (χ1n) is 10.6. The van der Waals surface area contributed by atoms with Crippen LogP contribution in [0, 0.1) is 11.6 Å². The Bertz CT molecular complexity index is 1170. The molecular formula is C24H21F2N3O. The van der Waals surface area contributed by atoms with E-state index < -0.39 is 11.6 Å². The molecule has 3 unspecified atom stereocenters. The molecule has 0 spiro atoms. The van der Waals surface area contributed by atoms with Gasteiger partial charge >= 0.3 is 0 Å². The highest BCUT2D eigenvalue weighted by atomic mass is 19.1. The van der Waals surface area contributed by atoms with Gasteiger partial charge in [0.2, 0.25) is 0 Å². The van der Waals surface area contributed by atoms with Crippen molar-refractivity contribution in [3.63, 3.8) is 0 Å². The van der Waals surface area contributed by atoms with Crippen LogP contribution in [0.5, 0.6) is 0 Å². The van der Waals surface area contributed by atoms with Crippen LogP contribution in [-0.2, 0) is 11.2 Å². The van der Waals surface area contributed by atoms with E-state index >= 15 is 0 Å². The molecule has 6 rings (SSSR count). The van der Waals surface area contributed by atoms with E-state index in [9.17, 15) is 13.6 Å². The summed E-state index contributed by atoms with van der Waals surface area (Å²) in [6.45, 7) is 0. The molecule has 30 heavy (non-hydrogen) atoms. The second kappa shape index (κ2) is 6.49. The number of hydrogen-bond donors (Lipinski definition) is 1. The van der Waals surface area contributed by atoms with Crippen molar-refractivity contribution in [2.45, 2.75) is 50.0 Å². The molecule has 2 aliphatic carbocycles. The summed E-state index contributed by atoms with van der Waals surface area (Å²) < 4.78 is 28.0. The van der Waals surface area contributed by atoms with Gasteiger partial charge in [-0.2, -0.15) is 5.10 Å². The Morgan fingerprint density at radius 3 is 2.77 bits per heavy atom. The molecule has 6 heteroatoms. The third-order valence-corrected chi connectivity index (χ3v) is 7.10. The predicted molar refractivity (Wildman–Crippen MR) is 110 cm³/mol. The van der Waals surface area contributed by atoms with Gasteiger partial charge < -0.3 is 9.69 Å². The van der Waals surface area contributed by atoms with Crippen LogP contribution in [0.3, 0.4) is 0 Å². The van der Waals surface area contributed by atoms with Crippen LogP contribution in [0.15, 0.2) is 36.4 Å². The monoisotopic (exact) mass is 405 g/mol. The maximum absolute atomic E-state index is 14.6. The van der Waals surface area contributed by atoms with Crippen molar-refractivity contribution in [2.24, 2.45) is 0 Å². The molecule has 3 aliphatic rings. The largest absolute Gasteiger partial charge is 0.314 e. The summed E-state index contributed by atoms with van der Waals surface area (Å²) in [7, 11) is 0. The molecule has 0 saturated heterocycles. The molecule has 1 N–H and O–H groups in total. The zero-order valence-electron chi connectivity index (χ0n) is 16.4. The Labute approximate surface area is 172 Å². The van der Waals surface area contributed by atoms with E-state index in [4.69, 9.17) is 0 Å². The third kappa shape index (κ3) is 2.42. The summed E-state index contributed by atoms with van der Waals surface area (Å²) in [6, 6.07) is 9.09. The molecule has 0 radical (unpaired) electrons. The van der Waals surface area contributed by atoms with Gasteiger partial charge in [-0.05, 0) is 67.3 Å². The Morgan fingerprint density at radius 2 is 1.93 bits per heavy atom. The zero-order chi connectivity index (χ0) is 20.4. The van der Waals surface area contributed by atoms with Gasteiger partial charge in [-0.15, -0.1) is 0 Å². The number of halogens is 2. The molecule has 2 heterocycles. The maximum atomic E-state index is 14.6. The van der Waals surface area contributed by atoms with Crippen molar-refractivity contribution in [2.75, 3.05) is 4.90 Å². The van der Waals surface area contributed by atoms with Crippen LogP contribution in [0.4, 0.5) is 20.3 Å². The number of H-pyrrole nitrogens is 1. The third-order valence-electron chi connectivity index (χ3n) is 7.10. The van der Waals surface area contributed by atoms with E-state index in [2.05, 4.69) is 10.2 Å². The Balaban J connectivity index is 1.52. The van der Waals surface area contributed by atoms with E-state index in [0.29, 0.717) is 30.2 Å². The van der Waals surface area contributed by atoms with Crippen molar-refractivity contribution in [1.29, 1.82) is 0 Å². The van der Waals surface area contributed by atoms with Crippen molar-refractivity contribution in [3.8, 4) is 11.1 Å².